The minimum absolute atomic E-state index is 0.0842. The van der Waals surface area contributed by atoms with Crippen molar-refractivity contribution in [2.24, 2.45) is 5.10 Å². The van der Waals surface area contributed by atoms with E-state index in [0.717, 1.165) is 39.7 Å². The number of aryl methyl sites for hydroxylation is 3. The van der Waals surface area contributed by atoms with Crippen LogP contribution in [0.15, 0.2) is 39.9 Å². The number of hydrogen-bond donors (Lipinski definition) is 3. The van der Waals surface area contributed by atoms with Crippen molar-refractivity contribution in [3.05, 3.63) is 57.1 Å². The monoisotopic (exact) mass is 500 g/mol. The number of nitrogens with zero attached hydrogens (tertiary/aromatic N) is 1. The van der Waals surface area contributed by atoms with Gasteiger partial charge in [0.2, 0.25) is 0 Å². The lowest BCUT2D eigenvalue weighted by Gasteiger charge is -2.14. The zero-order chi connectivity index (χ0) is 23.3. The Balaban J connectivity index is 1.60. The Morgan fingerprint density at radius 3 is 2.44 bits per heavy atom. The molecule has 1 aliphatic carbocycles. The number of anilines is 1. The molecule has 9 heteroatoms. The Labute approximate surface area is 194 Å². The fourth-order valence-corrected chi connectivity index (χ4v) is 3.52. The molecule has 3 rings (SSSR count). The van der Waals surface area contributed by atoms with E-state index in [1.807, 2.05) is 32.9 Å². The van der Waals surface area contributed by atoms with Crippen molar-refractivity contribution in [1.82, 2.24) is 10.7 Å². The Morgan fingerprint density at radius 1 is 1.09 bits per heavy atom. The summed E-state index contributed by atoms with van der Waals surface area (Å²) < 4.78 is 6.44. The van der Waals surface area contributed by atoms with Crippen molar-refractivity contribution in [2.45, 2.75) is 39.7 Å². The third kappa shape index (κ3) is 6.65. The van der Waals surface area contributed by atoms with Crippen molar-refractivity contribution in [2.75, 3.05) is 11.9 Å². The van der Waals surface area contributed by atoms with E-state index in [9.17, 15) is 14.4 Å². The van der Waals surface area contributed by atoms with Crippen molar-refractivity contribution in [1.29, 1.82) is 0 Å². The predicted molar refractivity (Wildman–Crippen MR) is 126 cm³/mol. The van der Waals surface area contributed by atoms with E-state index in [1.54, 1.807) is 18.2 Å². The van der Waals surface area contributed by atoms with Gasteiger partial charge >= 0.3 is 11.8 Å². The van der Waals surface area contributed by atoms with E-state index >= 15 is 0 Å². The third-order valence-corrected chi connectivity index (χ3v) is 5.25. The maximum Gasteiger partial charge on any atom is 0.329 e. The first-order valence-electron chi connectivity index (χ1n) is 10.2. The standard InChI is InChI=1S/C23H25BrN4O4/c1-13-8-14(2)21(15(3)9-13)27-20(29)12-32-19-7-4-17(24)10-16(19)11-25-28-23(31)22(30)26-18-5-6-18/h4,7-11,18H,5-6,12H2,1-3H3,(H,26,30)(H,27,29)(H,28,31)/b25-11-. The SMILES string of the molecule is Cc1cc(C)c(NC(=O)COc2ccc(Br)cc2/C=N\NC(=O)C(=O)NC2CC2)c(C)c1. The second kappa shape index (κ2) is 10.4. The molecule has 0 atom stereocenters. The second-order valence-corrected chi connectivity index (χ2v) is 8.66. The van der Waals surface area contributed by atoms with Crippen molar-refractivity contribution < 1.29 is 19.1 Å². The van der Waals surface area contributed by atoms with Gasteiger partial charge in [0.05, 0.1) is 6.21 Å². The number of carbonyl (C=O) groups excluding carboxylic acids is 3. The van der Waals surface area contributed by atoms with Gasteiger partial charge in [0.1, 0.15) is 5.75 Å². The summed E-state index contributed by atoms with van der Waals surface area (Å²) in [6.07, 6.45) is 3.13. The first kappa shape index (κ1) is 23.5. The molecule has 1 fully saturated rings. The number of hydrazone groups is 1. The minimum Gasteiger partial charge on any atom is -0.483 e. The summed E-state index contributed by atoms with van der Waals surface area (Å²) in [5, 5.41) is 9.31. The van der Waals surface area contributed by atoms with Gasteiger partial charge in [0.15, 0.2) is 6.61 Å². The minimum atomic E-state index is -0.839. The number of halogens is 1. The molecule has 1 saturated carbocycles. The second-order valence-electron chi connectivity index (χ2n) is 7.74. The van der Waals surface area contributed by atoms with E-state index in [1.165, 1.54) is 6.21 Å². The van der Waals surface area contributed by atoms with E-state index in [-0.39, 0.29) is 18.6 Å². The van der Waals surface area contributed by atoms with Crippen LogP contribution in [0.3, 0.4) is 0 Å². The fourth-order valence-electron chi connectivity index (χ4n) is 3.14. The van der Waals surface area contributed by atoms with Gasteiger partial charge in [0, 0.05) is 21.8 Å². The molecule has 0 saturated heterocycles. The summed E-state index contributed by atoms with van der Waals surface area (Å²) in [4.78, 5) is 35.9. The van der Waals surface area contributed by atoms with Crippen LogP contribution in [0.25, 0.3) is 0 Å². The molecule has 3 amide bonds. The van der Waals surface area contributed by atoms with Gasteiger partial charge in [0.25, 0.3) is 5.91 Å². The average molecular weight is 501 g/mol. The molecule has 32 heavy (non-hydrogen) atoms. The van der Waals surface area contributed by atoms with Crippen molar-refractivity contribution in [3.8, 4) is 5.75 Å². The van der Waals surface area contributed by atoms with Crippen LogP contribution in [-0.4, -0.2) is 36.6 Å². The molecule has 0 heterocycles. The topological polar surface area (TPSA) is 109 Å². The van der Waals surface area contributed by atoms with Gasteiger partial charge in [-0.25, -0.2) is 5.43 Å². The summed E-state index contributed by atoms with van der Waals surface area (Å²) in [7, 11) is 0. The van der Waals surface area contributed by atoms with Crippen LogP contribution in [-0.2, 0) is 14.4 Å². The first-order valence-corrected chi connectivity index (χ1v) is 11.0. The van der Waals surface area contributed by atoms with E-state index in [4.69, 9.17) is 4.74 Å². The Morgan fingerprint density at radius 2 is 1.78 bits per heavy atom. The van der Waals surface area contributed by atoms with Crippen LogP contribution >= 0.6 is 15.9 Å². The van der Waals surface area contributed by atoms with Crippen LogP contribution in [0.5, 0.6) is 5.75 Å². The van der Waals surface area contributed by atoms with Crippen molar-refractivity contribution in [3.63, 3.8) is 0 Å². The number of ether oxygens (including phenoxy) is 1. The summed E-state index contributed by atoms with van der Waals surface area (Å²) in [6, 6.07) is 9.27. The quantitative estimate of drug-likeness (QED) is 0.308. The molecule has 0 aromatic heterocycles. The Kier molecular flexibility index (Phi) is 7.63. The zero-order valence-electron chi connectivity index (χ0n) is 18.1. The maximum atomic E-state index is 12.4. The smallest absolute Gasteiger partial charge is 0.329 e. The summed E-state index contributed by atoms with van der Waals surface area (Å²) in [5.74, 6) is -1.44. The molecule has 0 aliphatic heterocycles. The lowest BCUT2D eigenvalue weighted by Crippen LogP contribution is -2.38. The molecule has 2 aromatic carbocycles. The maximum absolute atomic E-state index is 12.4. The highest BCUT2D eigenvalue weighted by Gasteiger charge is 2.26. The molecular formula is C23H25BrN4O4. The molecule has 3 N–H and O–H groups in total. The fraction of sp³-hybridized carbons (Fsp3) is 0.304. The van der Waals surface area contributed by atoms with Crippen LogP contribution in [0, 0.1) is 20.8 Å². The molecule has 0 bridgehead atoms. The van der Waals surface area contributed by atoms with Crippen LogP contribution in [0.4, 0.5) is 5.69 Å². The number of benzene rings is 2. The average Bonchev–Trinajstić information content (AvgIpc) is 3.54. The Hall–Kier alpha value is -3.20. The van der Waals surface area contributed by atoms with Crippen LogP contribution in [0.1, 0.15) is 35.1 Å². The summed E-state index contributed by atoms with van der Waals surface area (Å²) in [6.45, 7) is 5.69. The molecule has 0 spiro atoms. The number of amides is 3. The van der Waals surface area contributed by atoms with Crippen LogP contribution in [0.2, 0.25) is 0 Å². The number of carbonyl (C=O) groups is 3. The molecular weight excluding hydrogens is 476 g/mol. The highest BCUT2D eigenvalue weighted by molar-refractivity contribution is 9.10. The van der Waals surface area contributed by atoms with Gasteiger partial charge in [-0.1, -0.05) is 33.6 Å². The normalized spacial score (nSPS) is 13.0. The van der Waals surface area contributed by atoms with Gasteiger partial charge in [-0.3, -0.25) is 14.4 Å². The first-order chi connectivity index (χ1) is 15.2. The largest absolute Gasteiger partial charge is 0.483 e. The van der Waals surface area contributed by atoms with E-state index < -0.39 is 11.8 Å². The van der Waals surface area contributed by atoms with Gasteiger partial charge in [-0.05, 0) is 62.9 Å². The highest BCUT2D eigenvalue weighted by Crippen LogP contribution is 2.24. The molecule has 1 aliphatic rings. The number of hydrogen-bond acceptors (Lipinski definition) is 5. The lowest BCUT2D eigenvalue weighted by molar-refractivity contribution is -0.139. The lowest BCUT2D eigenvalue weighted by atomic mass is 10.1. The van der Waals surface area contributed by atoms with E-state index in [2.05, 4.69) is 37.1 Å². The third-order valence-electron chi connectivity index (χ3n) is 4.76. The van der Waals surface area contributed by atoms with Gasteiger partial charge in [-0.15, -0.1) is 0 Å². The predicted octanol–water partition coefficient (Wildman–Crippen LogP) is 3.12. The van der Waals surface area contributed by atoms with Gasteiger partial charge in [-0.2, -0.15) is 5.10 Å². The number of nitrogens with one attached hydrogen (secondary N) is 3. The molecule has 8 nitrogen and oxygen atoms in total. The molecule has 168 valence electrons. The zero-order valence-corrected chi connectivity index (χ0v) is 19.7. The highest BCUT2D eigenvalue weighted by atomic mass is 79.9. The summed E-state index contributed by atoms with van der Waals surface area (Å²) in [5.41, 5.74) is 6.58. The van der Waals surface area contributed by atoms with E-state index in [0.29, 0.717) is 11.3 Å². The van der Waals surface area contributed by atoms with Crippen molar-refractivity contribution >= 4 is 45.6 Å². The molecule has 2 aromatic rings. The Bertz CT molecular complexity index is 1060. The summed E-state index contributed by atoms with van der Waals surface area (Å²) >= 11 is 3.37. The van der Waals surface area contributed by atoms with Gasteiger partial charge < -0.3 is 15.4 Å². The molecule has 0 radical (unpaired) electrons. The number of rotatable bonds is 7. The molecule has 0 unspecified atom stereocenters. The van der Waals surface area contributed by atoms with Crippen LogP contribution < -0.4 is 20.8 Å².